The number of carbonyl (C=O) groups is 3. The van der Waals surface area contributed by atoms with Crippen molar-refractivity contribution < 1.29 is 19.1 Å². The molecule has 0 aromatic heterocycles. The van der Waals surface area contributed by atoms with Crippen LogP contribution in [-0.4, -0.2) is 47.9 Å². The second kappa shape index (κ2) is 13.7. The van der Waals surface area contributed by atoms with Crippen molar-refractivity contribution in [2.45, 2.75) is 33.2 Å². The summed E-state index contributed by atoms with van der Waals surface area (Å²) < 4.78 is 4.44. The van der Waals surface area contributed by atoms with Gasteiger partial charge in [-0.05, 0) is 12.7 Å². The predicted molar refractivity (Wildman–Crippen MR) is 81.4 cm³/mol. The highest BCUT2D eigenvalue weighted by atomic mass is 32.2. The lowest BCUT2D eigenvalue weighted by Crippen LogP contribution is -2.40. The fraction of sp³-hybridized carbons (Fsp3) is 0.750. The van der Waals surface area contributed by atoms with Crippen molar-refractivity contribution in [2.75, 3.05) is 24.9 Å². The molecule has 5 nitrogen and oxygen atoms in total. The van der Waals surface area contributed by atoms with E-state index in [1.807, 2.05) is 20.8 Å². The smallest absolute Gasteiger partial charge is 0.315 e. The molecule has 0 fully saturated rings. The number of rotatable bonds is 7. The normalized spacial score (nSPS) is 10.8. The van der Waals surface area contributed by atoms with Gasteiger partial charge in [0.25, 0.3) is 0 Å². The summed E-state index contributed by atoms with van der Waals surface area (Å²) in [6.07, 6.45) is 2.25. The quantitative estimate of drug-likeness (QED) is 0.722. The summed E-state index contributed by atoms with van der Waals surface area (Å²) in [4.78, 5) is 33.6. The second-order valence-electron chi connectivity index (χ2n) is 3.12. The van der Waals surface area contributed by atoms with Crippen LogP contribution in [0.2, 0.25) is 0 Å². The first-order valence-electron chi connectivity index (χ1n) is 6.06. The molecule has 7 heteroatoms. The highest BCUT2D eigenvalue weighted by molar-refractivity contribution is 8.13. The number of carbonyl (C=O) groups excluding carboxylic acids is 3. The Morgan fingerprint density at radius 1 is 1.21 bits per heavy atom. The van der Waals surface area contributed by atoms with Crippen LogP contribution in [0, 0.1) is 0 Å². The van der Waals surface area contributed by atoms with Crippen molar-refractivity contribution in [3.8, 4) is 0 Å². The van der Waals surface area contributed by atoms with E-state index in [0.29, 0.717) is 6.42 Å². The molecule has 0 aliphatic heterocycles. The monoisotopic (exact) mass is 309 g/mol. The van der Waals surface area contributed by atoms with Crippen LogP contribution in [0.25, 0.3) is 0 Å². The Morgan fingerprint density at radius 2 is 1.79 bits per heavy atom. The van der Waals surface area contributed by atoms with Gasteiger partial charge in [-0.15, -0.1) is 11.8 Å². The molecule has 0 saturated heterocycles. The van der Waals surface area contributed by atoms with Crippen molar-refractivity contribution in [3.05, 3.63) is 0 Å². The summed E-state index contributed by atoms with van der Waals surface area (Å²) in [5.41, 5.74) is 0. The SMILES string of the molecule is CC.CCC(NC(=O)CSCC(=O)OC)C(=O)SC. The molecule has 0 aromatic carbocycles. The summed E-state index contributed by atoms with van der Waals surface area (Å²) >= 11 is 2.26. The predicted octanol–water partition coefficient (Wildman–Crippen LogP) is 1.70. The van der Waals surface area contributed by atoms with Gasteiger partial charge >= 0.3 is 5.97 Å². The Bertz CT molecular complexity index is 285. The summed E-state index contributed by atoms with van der Waals surface area (Å²) in [5.74, 6) is -0.326. The Kier molecular flexibility index (Phi) is 14.9. The maximum absolute atomic E-state index is 11.5. The lowest BCUT2D eigenvalue weighted by Gasteiger charge is -2.13. The number of amides is 1. The lowest BCUT2D eigenvalue weighted by atomic mass is 10.2. The van der Waals surface area contributed by atoms with Gasteiger partial charge in [-0.3, -0.25) is 14.4 Å². The molecule has 1 N–H and O–H groups in total. The van der Waals surface area contributed by atoms with Gasteiger partial charge in [0.1, 0.15) is 0 Å². The van der Waals surface area contributed by atoms with Gasteiger partial charge in [-0.1, -0.05) is 32.5 Å². The fourth-order valence-electron chi connectivity index (χ4n) is 0.992. The van der Waals surface area contributed by atoms with Gasteiger partial charge in [0.05, 0.1) is 24.7 Å². The molecule has 0 aromatic rings. The molecule has 0 aliphatic rings. The molecule has 0 radical (unpaired) electrons. The maximum atomic E-state index is 11.5. The first kappa shape index (κ1) is 20.6. The zero-order valence-corrected chi connectivity index (χ0v) is 13.8. The van der Waals surface area contributed by atoms with E-state index in [-0.39, 0.29) is 28.5 Å². The lowest BCUT2D eigenvalue weighted by molar-refractivity contribution is -0.137. The average Bonchev–Trinajstić information content (AvgIpc) is 2.45. The number of hydrogen-bond donors (Lipinski definition) is 1. The van der Waals surface area contributed by atoms with Gasteiger partial charge in [0.15, 0.2) is 0 Å². The zero-order chi connectivity index (χ0) is 15.3. The van der Waals surface area contributed by atoms with E-state index in [4.69, 9.17) is 0 Å². The molecule has 1 unspecified atom stereocenters. The molecule has 0 spiro atoms. The molecule has 1 amide bonds. The van der Waals surface area contributed by atoms with Crippen molar-refractivity contribution in [1.82, 2.24) is 5.32 Å². The van der Waals surface area contributed by atoms with Crippen molar-refractivity contribution in [2.24, 2.45) is 0 Å². The third-order valence-electron chi connectivity index (χ3n) is 1.91. The number of esters is 1. The Labute approximate surface area is 123 Å². The zero-order valence-electron chi connectivity index (χ0n) is 12.1. The Morgan fingerprint density at radius 3 is 2.21 bits per heavy atom. The van der Waals surface area contributed by atoms with Crippen LogP contribution >= 0.6 is 23.5 Å². The first-order valence-corrected chi connectivity index (χ1v) is 8.44. The second-order valence-corrected chi connectivity index (χ2v) is 4.92. The van der Waals surface area contributed by atoms with Crippen molar-refractivity contribution >= 4 is 40.5 Å². The Hall–Kier alpha value is -0.690. The van der Waals surface area contributed by atoms with Gasteiger partial charge in [0, 0.05) is 0 Å². The van der Waals surface area contributed by atoms with Crippen LogP contribution in [0.4, 0.5) is 0 Å². The van der Waals surface area contributed by atoms with Crippen LogP contribution in [0.3, 0.4) is 0 Å². The van der Waals surface area contributed by atoms with Crippen molar-refractivity contribution in [1.29, 1.82) is 0 Å². The minimum Gasteiger partial charge on any atom is -0.468 e. The van der Waals surface area contributed by atoms with Crippen LogP contribution in [0.15, 0.2) is 0 Å². The molecule has 0 saturated carbocycles. The molecular weight excluding hydrogens is 286 g/mol. The topological polar surface area (TPSA) is 72.5 Å². The fourth-order valence-corrected chi connectivity index (χ4v) is 2.16. The number of ether oxygens (including phenoxy) is 1. The molecule has 1 atom stereocenters. The summed E-state index contributed by atoms with van der Waals surface area (Å²) in [6.45, 7) is 5.83. The van der Waals surface area contributed by atoms with E-state index in [0.717, 1.165) is 23.5 Å². The van der Waals surface area contributed by atoms with Gasteiger partial charge in [-0.25, -0.2) is 0 Å². The van der Waals surface area contributed by atoms with Gasteiger partial charge in [-0.2, -0.15) is 0 Å². The number of hydrogen-bond acceptors (Lipinski definition) is 6. The standard InChI is InChI=1S/C10H17NO4S2.C2H6/c1-4-7(10(14)16-3)11-8(12)5-17-6-9(13)15-2;1-2/h7H,4-6H2,1-3H3,(H,11,12);1-2H3. The number of nitrogens with one attached hydrogen (secondary N) is 1. The van der Waals surface area contributed by atoms with Gasteiger partial charge < -0.3 is 10.1 Å². The van der Waals surface area contributed by atoms with Crippen LogP contribution < -0.4 is 5.32 Å². The van der Waals surface area contributed by atoms with E-state index in [1.54, 1.807) is 6.26 Å². The highest BCUT2D eigenvalue weighted by Crippen LogP contribution is 2.05. The maximum Gasteiger partial charge on any atom is 0.315 e. The van der Waals surface area contributed by atoms with E-state index in [1.165, 1.54) is 7.11 Å². The molecule has 19 heavy (non-hydrogen) atoms. The molecule has 112 valence electrons. The Balaban J connectivity index is 0. The summed E-state index contributed by atoms with van der Waals surface area (Å²) in [7, 11) is 1.30. The number of methoxy groups -OCH3 is 1. The van der Waals surface area contributed by atoms with Crippen LogP contribution in [0.5, 0.6) is 0 Å². The molecule has 0 bridgehead atoms. The third-order valence-corrected chi connectivity index (χ3v) is 3.50. The summed E-state index contributed by atoms with van der Waals surface area (Å²) in [5, 5.41) is 2.57. The first-order chi connectivity index (χ1) is 9.04. The van der Waals surface area contributed by atoms with E-state index >= 15 is 0 Å². The molecule has 0 heterocycles. The van der Waals surface area contributed by atoms with Crippen LogP contribution in [-0.2, 0) is 19.1 Å². The molecule has 0 rings (SSSR count). The van der Waals surface area contributed by atoms with Gasteiger partial charge in [0.2, 0.25) is 11.0 Å². The van der Waals surface area contributed by atoms with Crippen molar-refractivity contribution in [3.63, 3.8) is 0 Å². The highest BCUT2D eigenvalue weighted by Gasteiger charge is 2.17. The van der Waals surface area contributed by atoms with E-state index < -0.39 is 6.04 Å². The molecular formula is C12H23NO4S2. The number of thioether (sulfide) groups is 2. The largest absolute Gasteiger partial charge is 0.468 e. The van der Waals surface area contributed by atoms with E-state index in [2.05, 4.69) is 10.1 Å². The minimum absolute atomic E-state index is 0.0567. The molecule has 0 aliphatic carbocycles. The minimum atomic E-state index is -0.448. The van der Waals surface area contributed by atoms with Crippen LogP contribution in [0.1, 0.15) is 27.2 Å². The average molecular weight is 309 g/mol. The third kappa shape index (κ3) is 10.9. The van der Waals surface area contributed by atoms with E-state index in [9.17, 15) is 14.4 Å². The summed E-state index contributed by atoms with van der Waals surface area (Å²) in [6, 6.07) is -0.448.